The molecule has 8 nitrogen and oxygen atoms in total. The molecule has 3 aromatic heterocycles. The Kier molecular flexibility index (Phi) is 4.56. The van der Waals surface area contributed by atoms with Crippen molar-refractivity contribution in [3.8, 4) is 11.4 Å². The molecule has 9 heteroatoms. The zero-order valence-electron chi connectivity index (χ0n) is 15.4. The Balaban J connectivity index is 1.55. The average molecular weight is 386 g/mol. The van der Waals surface area contributed by atoms with E-state index in [2.05, 4.69) is 19.5 Å². The predicted octanol–water partition coefficient (Wildman–Crippen LogP) is 2.01. The normalized spacial score (nSPS) is 16.7. The van der Waals surface area contributed by atoms with Gasteiger partial charge in [0.2, 0.25) is 0 Å². The molecular formula is C18H22N6O2S. The van der Waals surface area contributed by atoms with E-state index in [1.165, 1.54) is 10.6 Å². The van der Waals surface area contributed by atoms with Crippen molar-refractivity contribution in [2.75, 3.05) is 13.1 Å². The summed E-state index contributed by atoms with van der Waals surface area (Å²) in [4.78, 5) is 12.7. The van der Waals surface area contributed by atoms with Crippen LogP contribution in [0, 0.1) is 6.92 Å². The van der Waals surface area contributed by atoms with Gasteiger partial charge in [-0.25, -0.2) is 18.4 Å². The van der Waals surface area contributed by atoms with Crippen molar-refractivity contribution in [2.45, 2.75) is 30.8 Å². The smallest absolute Gasteiger partial charge is 0.262 e. The maximum Gasteiger partial charge on any atom is 0.262 e. The van der Waals surface area contributed by atoms with Crippen LogP contribution < -0.4 is 0 Å². The van der Waals surface area contributed by atoms with Crippen LogP contribution in [0.25, 0.3) is 11.4 Å². The number of piperidine rings is 1. The number of aromatic nitrogens is 5. The first-order chi connectivity index (χ1) is 13.0. The molecule has 1 aliphatic rings. The minimum Gasteiger partial charge on any atom is -0.339 e. The van der Waals surface area contributed by atoms with Crippen LogP contribution in [0.5, 0.6) is 0 Å². The number of hydrogen-bond donors (Lipinski definition) is 0. The Morgan fingerprint density at radius 1 is 1.11 bits per heavy atom. The first kappa shape index (κ1) is 17.9. The van der Waals surface area contributed by atoms with E-state index in [-0.39, 0.29) is 11.1 Å². The van der Waals surface area contributed by atoms with Crippen LogP contribution in [-0.4, -0.2) is 49.9 Å². The summed E-state index contributed by atoms with van der Waals surface area (Å²) in [6, 6.07) is 4.10. The second-order valence-electron chi connectivity index (χ2n) is 6.84. The largest absolute Gasteiger partial charge is 0.339 e. The summed E-state index contributed by atoms with van der Waals surface area (Å²) in [6.07, 6.45) is 9.91. The summed E-state index contributed by atoms with van der Waals surface area (Å²) in [6.45, 7) is 2.97. The van der Waals surface area contributed by atoms with E-state index in [9.17, 15) is 8.42 Å². The number of imidazole rings is 2. The van der Waals surface area contributed by atoms with Gasteiger partial charge in [0.05, 0.1) is 6.33 Å². The third-order valence-electron chi connectivity index (χ3n) is 4.99. The highest BCUT2D eigenvalue weighted by atomic mass is 32.2. The van der Waals surface area contributed by atoms with Crippen molar-refractivity contribution in [1.29, 1.82) is 0 Å². The maximum atomic E-state index is 12.8. The van der Waals surface area contributed by atoms with E-state index in [0.717, 1.165) is 29.9 Å². The molecule has 27 heavy (non-hydrogen) atoms. The van der Waals surface area contributed by atoms with E-state index in [1.54, 1.807) is 30.2 Å². The van der Waals surface area contributed by atoms with Crippen LogP contribution in [0.2, 0.25) is 0 Å². The minimum atomic E-state index is -3.54. The molecule has 0 saturated carbocycles. The van der Waals surface area contributed by atoms with Gasteiger partial charge in [-0.3, -0.25) is 4.98 Å². The SMILES string of the molecule is Cc1cnc(-c2ccncc2)n1C1CCN(S(=O)(=O)c2cn(C)cn2)CC1. The molecule has 0 spiro atoms. The zero-order valence-corrected chi connectivity index (χ0v) is 16.2. The number of pyridine rings is 1. The van der Waals surface area contributed by atoms with Crippen molar-refractivity contribution in [3.05, 3.63) is 48.9 Å². The fourth-order valence-electron chi connectivity index (χ4n) is 3.62. The van der Waals surface area contributed by atoms with Crippen LogP contribution in [0.3, 0.4) is 0 Å². The van der Waals surface area contributed by atoms with Gasteiger partial charge in [0, 0.05) is 62.2 Å². The van der Waals surface area contributed by atoms with Crippen LogP contribution in [-0.2, 0) is 17.1 Å². The number of sulfonamides is 1. The molecular weight excluding hydrogens is 364 g/mol. The van der Waals surface area contributed by atoms with E-state index in [0.29, 0.717) is 13.1 Å². The molecule has 0 aromatic carbocycles. The van der Waals surface area contributed by atoms with Crippen molar-refractivity contribution < 1.29 is 8.42 Å². The van der Waals surface area contributed by atoms with E-state index in [4.69, 9.17) is 0 Å². The molecule has 0 aliphatic carbocycles. The maximum absolute atomic E-state index is 12.8. The van der Waals surface area contributed by atoms with E-state index in [1.807, 2.05) is 25.3 Å². The second-order valence-corrected chi connectivity index (χ2v) is 8.73. The first-order valence-electron chi connectivity index (χ1n) is 8.89. The van der Waals surface area contributed by atoms with Gasteiger partial charge in [-0.15, -0.1) is 0 Å². The molecule has 0 unspecified atom stereocenters. The number of nitrogens with zero attached hydrogens (tertiary/aromatic N) is 6. The fraction of sp³-hybridized carbons (Fsp3) is 0.389. The van der Waals surface area contributed by atoms with Gasteiger partial charge in [-0.2, -0.15) is 4.31 Å². The monoisotopic (exact) mass is 386 g/mol. The molecule has 1 aliphatic heterocycles. The van der Waals surface area contributed by atoms with Crippen molar-refractivity contribution in [3.63, 3.8) is 0 Å². The molecule has 4 rings (SSSR count). The Hall–Kier alpha value is -2.52. The van der Waals surface area contributed by atoms with Crippen LogP contribution in [0.4, 0.5) is 0 Å². The van der Waals surface area contributed by atoms with Gasteiger partial charge in [-0.1, -0.05) is 0 Å². The van der Waals surface area contributed by atoms with Crippen molar-refractivity contribution >= 4 is 10.0 Å². The molecule has 0 N–H and O–H groups in total. The lowest BCUT2D eigenvalue weighted by Crippen LogP contribution is -2.39. The summed E-state index contributed by atoms with van der Waals surface area (Å²) in [7, 11) is -1.77. The van der Waals surface area contributed by atoms with Gasteiger partial charge < -0.3 is 9.13 Å². The standard InChI is InChI=1S/C18H22N6O2S/c1-14-11-20-18(15-3-7-19-8-4-15)24(14)16-5-9-23(10-6-16)27(25,26)17-12-22(2)13-21-17/h3-4,7-8,11-13,16H,5-6,9-10H2,1-2H3. The number of rotatable bonds is 4. The number of aryl methyl sites for hydroxylation is 2. The Morgan fingerprint density at radius 3 is 2.44 bits per heavy atom. The molecule has 0 amide bonds. The quantitative estimate of drug-likeness (QED) is 0.685. The molecule has 1 saturated heterocycles. The highest BCUT2D eigenvalue weighted by Gasteiger charge is 2.32. The highest BCUT2D eigenvalue weighted by Crippen LogP contribution is 2.31. The molecule has 0 atom stereocenters. The zero-order chi connectivity index (χ0) is 19.0. The van der Waals surface area contributed by atoms with Crippen molar-refractivity contribution in [1.82, 2.24) is 28.4 Å². The van der Waals surface area contributed by atoms with Crippen molar-refractivity contribution in [2.24, 2.45) is 7.05 Å². The Bertz CT molecular complexity index is 1030. The second kappa shape index (κ2) is 6.90. The van der Waals surface area contributed by atoms with Gasteiger partial charge in [0.15, 0.2) is 5.03 Å². The van der Waals surface area contributed by atoms with Gasteiger partial charge in [-0.05, 0) is 31.9 Å². The lowest BCUT2D eigenvalue weighted by Gasteiger charge is -2.32. The summed E-state index contributed by atoms with van der Waals surface area (Å²) in [5.74, 6) is 0.904. The van der Waals surface area contributed by atoms with Crippen LogP contribution in [0.15, 0.2) is 48.3 Å². The Labute approximate surface area is 158 Å². The highest BCUT2D eigenvalue weighted by molar-refractivity contribution is 7.89. The lowest BCUT2D eigenvalue weighted by atomic mass is 10.1. The minimum absolute atomic E-state index is 0.111. The molecule has 0 bridgehead atoms. The van der Waals surface area contributed by atoms with Gasteiger partial charge in [0.25, 0.3) is 10.0 Å². The lowest BCUT2D eigenvalue weighted by molar-refractivity contribution is 0.273. The third kappa shape index (κ3) is 3.28. The van der Waals surface area contributed by atoms with Gasteiger partial charge in [0.1, 0.15) is 5.82 Å². The summed E-state index contributed by atoms with van der Waals surface area (Å²) in [5, 5.41) is 0.111. The topological polar surface area (TPSA) is 85.9 Å². The molecule has 142 valence electrons. The first-order valence-corrected chi connectivity index (χ1v) is 10.3. The predicted molar refractivity (Wildman–Crippen MR) is 100 cm³/mol. The van der Waals surface area contributed by atoms with Crippen LogP contribution >= 0.6 is 0 Å². The third-order valence-corrected chi connectivity index (χ3v) is 6.78. The average Bonchev–Trinajstić information content (AvgIpc) is 3.29. The summed E-state index contributed by atoms with van der Waals surface area (Å²) < 4.78 is 30.9. The molecule has 0 radical (unpaired) electrons. The number of hydrogen-bond acceptors (Lipinski definition) is 5. The molecule has 3 aromatic rings. The fourth-order valence-corrected chi connectivity index (χ4v) is 5.05. The summed E-state index contributed by atoms with van der Waals surface area (Å²) in [5.41, 5.74) is 2.09. The van der Waals surface area contributed by atoms with E-state index < -0.39 is 10.0 Å². The molecule has 4 heterocycles. The summed E-state index contributed by atoms with van der Waals surface area (Å²) >= 11 is 0. The van der Waals surface area contributed by atoms with E-state index >= 15 is 0 Å². The Morgan fingerprint density at radius 2 is 1.81 bits per heavy atom. The van der Waals surface area contributed by atoms with Crippen LogP contribution in [0.1, 0.15) is 24.6 Å². The van der Waals surface area contributed by atoms with Gasteiger partial charge >= 0.3 is 0 Å². The molecule has 1 fully saturated rings.